The Hall–Kier alpha value is -3.02. The van der Waals surface area contributed by atoms with Crippen molar-refractivity contribution >= 4 is 17.6 Å². The van der Waals surface area contributed by atoms with Gasteiger partial charge in [0.2, 0.25) is 5.88 Å². The van der Waals surface area contributed by atoms with E-state index in [2.05, 4.69) is 26.0 Å². The van der Waals surface area contributed by atoms with Crippen LogP contribution in [0.25, 0.3) is 0 Å². The van der Waals surface area contributed by atoms with Crippen LogP contribution >= 0.6 is 0 Å². The van der Waals surface area contributed by atoms with Gasteiger partial charge in [-0.2, -0.15) is 8.78 Å². The van der Waals surface area contributed by atoms with Crippen molar-refractivity contribution in [3.05, 3.63) is 29.5 Å². The van der Waals surface area contributed by atoms with Crippen LogP contribution in [0.4, 0.5) is 14.6 Å². The molecule has 2 amide bonds. The second-order valence-corrected chi connectivity index (χ2v) is 10.0. The lowest BCUT2D eigenvalue weighted by molar-refractivity contribution is -0.142. The molecule has 10 nitrogen and oxygen atoms in total. The number of fused-ring (bicyclic) bond motifs is 1. The van der Waals surface area contributed by atoms with E-state index in [1.165, 1.54) is 11.2 Å². The molecule has 2 atom stereocenters. The zero-order valence-electron chi connectivity index (χ0n) is 19.0. The van der Waals surface area contributed by atoms with Crippen LogP contribution in [0.5, 0.6) is 0 Å². The molecule has 0 bridgehead atoms. The Morgan fingerprint density at radius 3 is 2.48 bits per heavy atom. The molecule has 2 fully saturated rings. The van der Waals surface area contributed by atoms with Crippen molar-refractivity contribution in [2.75, 3.05) is 11.9 Å². The van der Waals surface area contributed by atoms with E-state index in [0.29, 0.717) is 13.0 Å². The molecule has 2 unspecified atom stereocenters. The zero-order chi connectivity index (χ0) is 24.1. The lowest BCUT2D eigenvalue weighted by Crippen LogP contribution is -2.58. The van der Waals surface area contributed by atoms with Crippen molar-refractivity contribution in [2.24, 2.45) is 5.41 Å². The summed E-state index contributed by atoms with van der Waals surface area (Å²) in [6.07, 6.45) is 3.16. The predicted octanol–water partition coefficient (Wildman–Crippen LogP) is 1.80. The van der Waals surface area contributed by atoms with E-state index in [0.717, 1.165) is 26.0 Å². The number of aliphatic hydroxyl groups is 1. The number of nitrogens with one attached hydrogen (secondary N) is 3. The number of hydrogen-bond donors (Lipinski definition) is 4. The van der Waals surface area contributed by atoms with Gasteiger partial charge in [0.25, 0.3) is 17.7 Å². The summed E-state index contributed by atoms with van der Waals surface area (Å²) in [6.45, 7) is 7.10. The van der Waals surface area contributed by atoms with Crippen LogP contribution in [0.1, 0.15) is 52.7 Å². The summed E-state index contributed by atoms with van der Waals surface area (Å²) < 4.78 is 26.8. The van der Waals surface area contributed by atoms with Crippen LogP contribution in [0.3, 0.4) is 0 Å². The Morgan fingerprint density at radius 1 is 1.24 bits per heavy atom. The number of rotatable bonds is 6. The lowest BCUT2D eigenvalue weighted by atomic mass is 9.95. The molecule has 2 aliphatic heterocycles. The Kier molecular flexibility index (Phi) is 5.67. The number of hydrogen-bond acceptors (Lipinski definition) is 8. The first-order valence-electron chi connectivity index (χ1n) is 10.9. The van der Waals surface area contributed by atoms with Crippen LogP contribution in [-0.2, 0) is 15.5 Å². The Balaban J connectivity index is 1.55. The van der Waals surface area contributed by atoms with Gasteiger partial charge in [0.1, 0.15) is 17.7 Å². The van der Waals surface area contributed by atoms with E-state index in [-0.39, 0.29) is 28.7 Å². The first-order chi connectivity index (χ1) is 15.3. The normalized spacial score (nSPS) is 23.6. The highest BCUT2D eigenvalue weighted by Gasteiger charge is 2.49. The summed E-state index contributed by atoms with van der Waals surface area (Å²) >= 11 is 0. The van der Waals surface area contributed by atoms with Crippen molar-refractivity contribution in [2.45, 2.75) is 71.3 Å². The molecule has 180 valence electrons. The first-order valence-corrected chi connectivity index (χ1v) is 10.9. The van der Waals surface area contributed by atoms with Gasteiger partial charge < -0.3 is 20.6 Å². The molecule has 1 aromatic rings. The number of halogens is 2. The Labute approximate surface area is 190 Å². The maximum Gasteiger partial charge on any atom is 0.288 e. The Morgan fingerprint density at radius 2 is 1.94 bits per heavy atom. The fraction of sp³-hybridized carbons (Fsp3) is 0.619. The van der Waals surface area contributed by atoms with Gasteiger partial charge in [-0.05, 0) is 18.3 Å². The number of hydrazine groups is 1. The fourth-order valence-corrected chi connectivity index (χ4v) is 3.86. The van der Waals surface area contributed by atoms with E-state index in [4.69, 9.17) is 0 Å². The van der Waals surface area contributed by atoms with Crippen molar-refractivity contribution in [3.8, 4) is 0 Å². The lowest BCUT2D eigenvalue weighted by Gasteiger charge is -2.42. The molecule has 1 saturated carbocycles. The van der Waals surface area contributed by atoms with Gasteiger partial charge in [0, 0.05) is 25.9 Å². The van der Waals surface area contributed by atoms with Crippen LogP contribution in [0.15, 0.2) is 23.8 Å². The third kappa shape index (κ3) is 5.00. The molecule has 1 aromatic heterocycles. The topological polar surface area (TPSA) is 123 Å². The second-order valence-electron chi connectivity index (χ2n) is 10.0. The Bertz CT molecular complexity index is 968. The van der Waals surface area contributed by atoms with E-state index in [1.54, 1.807) is 4.90 Å². The van der Waals surface area contributed by atoms with Crippen molar-refractivity contribution in [3.63, 3.8) is 0 Å². The maximum absolute atomic E-state index is 13.4. The largest absolute Gasteiger partial charge is 0.494 e. The first kappa shape index (κ1) is 23.1. The number of amides is 2. The fourth-order valence-electron chi connectivity index (χ4n) is 3.86. The highest BCUT2D eigenvalue weighted by Crippen LogP contribution is 2.33. The molecule has 3 aliphatic rings. The summed E-state index contributed by atoms with van der Waals surface area (Å²) in [5.41, 5.74) is 2.03. The molecule has 4 rings (SSSR count). The zero-order valence-corrected chi connectivity index (χ0v) is 19.0. The van der Waals surface area contributed by atoms with Gasteiger partial charge in [-0.15, -0.1) is 0 Å². The molecule has 33 heavy (non-hydrogen) atoms. The SMILES string of the molecule is CC(C)(C)CN1C(O)=C(C(=O)NC2CC2)C(=O)N2NC(Nc3cnc(C(C)(F)F)cn3)CC12. The third-order valence-electron chi connectivity index (χ3n) is 5.54. The minimum atomic E-state index is -3.10. The molecule has 4 N–H and O–H groups in total. The van der Waals surface area contributed by atoms with Crippen molar-refractivity contribution < 1.29 is 23.5 Å². The molecule has 12 heteroatoms. The third-order valence-corrected chi connectivity index (χ3v) is 5.54. The maximum atomic E-state index is 13.4. The molecule has 0 aromatic carbocycles. The van der Waals surface area contributed by atoms with Crippen molar-refractivity contribution in [1.29, 1.82) is 0 Å². The highest BCUT2D eigenvalue weighted by atomic mass is 19.3. The standard InChI is InChI=1S/C21H29F2N7O3/c1-20(2,3)10-29-15-7-13(27-14-9-24-12(8-25-14)21(4,22)23)28-30(15)19(33)16(18(29)32)17(31)26-11-5-6-11/h8-9,11,13,15,28,32H,5-7,10H2,1-4H3,(H,25,27)(H,26,31). The molecule has 3 heterocycles. The minimum Gasteiger partial charge on any atom is -0.494 e. The minimum absolute atomic E-state index is 0.0254. The van der Waals surface area contributed by atoms with Gasteiger partial charge in [0.15, 0.2) is 5.57 Å². The summed E-state index contributed by atoms with van der Waals surface area (Å²) in [5, 5.41) is 18.1. The smallest absolute Gasteiger partial charge is 0.288 e. The molecule has 1 aliphatic carbocycles. The van der Waals surface area contributed by atoms with Gasteiger partial charge in [-0.3, -0.25) is 9.59 Å². The van der Waals surface area contributed by atoms with Crippen LogP contribution < -0.4 is 16.1 Å². The predicted molar refractivity (Wildman–Crippen MR) is 114 cm³/mol. The van der Waals surface area contributed by atoms with Crippen LogP contribution in [0.2, 0.25) is 0 Å². The molecular weight excluding hydrogens is 436 g/mol. The number of carbonyl (C=O) groups excluding carboxylic acids is 2. The van der Waals surface area contributed by atoms with Gasteiger partial charge in [-0.1, -0.05) is 20.8 Å². The summed E-state index contributed by atoms with van der Waals surface area (Å²) in [7, 11) is 0. The average Bonchev–Trinajstić information content (AvgIpc) is 3.40. The summed E-state index contributed by atoms with van der Waals surface area (Å²) in [6, 6.07) is 0.0254. The van der Waals surface area contributed by atoms with Crippen LogP contribution in [0, 0.1) is 5.41 Å². The summed E-state index contributed by atoms with van der Waals surface area (Å²) in [4.78, 5) is 35.2. The summed E-state index contributed by atoms with van der Waals surface area (Å²) in [5.74, 6) is -4.42. The number of aliphatic hydroxyl groups excluding tert-OH is 1. The highest BCUT2D eigenvalue weighted by molar-refractivity contribution is 6.19. The van der Waals surface area contributed by atoms with Gasteiger partial charge >= 0.3 is 0 Å². The molecule has 1 saturated heterocycles. The van der Waals surface area contributed by atoms with Crippen molar-refractivity contribution in [1.82, 2.24) is 30.6 Å². The van der Waals surface area contributed by atoms with E-state index >= 15 is 0 Å². The second kappa shape index (κ2) is 8.08. The molecular formula is C21H29F2N7O3. The van der Waals surface area contributed by atoms with Gasteiger partial charge in [0.05, 0.1) is 18.6 Å². The number of alkyl halides is 2. The average molecular weight is 466 g/mol. The molecule has 0 radical (unpaired) electrons. The number of aromatic nitrogens is 2. The molecule has 0 spiro atoms. The van der Waals surface area contributed by atoms with Gasteiger partial charge in [-0.25, -0.2) is 20.4 Å². The number of anilines is 1. The number of nitrogens with zero attached hydrogens (tertiary/aromatic N) is 4. The van der Waals surface area contributed by atoms with E-state index in [9.17, 15) is 23.5 Å². The number of carbonyl (C=O) groups is 2. The quantitative estimate of drug-likeness (QED) is 0.469. The van der Waals surface area contributed by atoms with E-state index in [1.807, 2.05) is 20.8 Å². The van der Waals surface area contributed by atoms with E-state index < -0.39 is 35.8 Å². The monoisotopic (exact) mass is 465 g/mol. The van der Waals surface area contributed by atoms with Crippen LogP contribution in [-0.4, -0.2) is 61.7 Å².